The molecule has 8 heteroatoms. The van der Waals surface area contributed by atoms with Crippen molar-refractivity contribution in [3.8, 4) is 0 Å². The smallest absolute Gasteiger partial charge is 0.288 e. The molecule has 0 saturated carbocycles. The highest BCUT2D eigenvalue weighted by Gasteiger charge is 2.66. The molecule has 0 rings (SSSR count). The van der Waals surface area contributed by atoms with Crippen molar-refractivity contribution in [3.05, 3.63) is 0 Å². The third kappa shape index (κ3) is 1.79. The van der Waals surface area contributed by atoms with Gasteiger partial charge in [-0.3, -0.25) is 13.3 Å². The van der Waals surface area contributed by atoms with Gasteiger partial charge < -0.3 is 0 Å². The summed E-state index contributed by atoms with van der Waals surface area (Å²) in [7, 11) is -5.60. The summed E-state index contributed by atoms with van der Waals surface area (Å²) in [4.78, 5) is 0. The van der Waals surface area contributed by atoms with Gasteiger partial charge in [-0.15, -0.1) is 0 Å². The van der Waals surface area contributed by atoms with Crippen molar-refractivity contribution >= 4 is 9.91 Å². The van der Waals surface area contributed by atoms with Crippen molar-refractivity contribution in [2.75, 3.05) is 7.11 Å². The molecule has 0 aliphatic rings. The molecule has 0 aromatic carbocycles. The molecule has 14 heavy (non-hydrogen) atoms. The fourth-order valence-electron chi connectivity index (χ4n) is 0.829. The van der Waals surface area contributed by atoms with E-state index in [-0.39, 0.29) is 0 Å². The Labute approximate surface area is 79.7 Å². The maximum Gasteiger partial charge on any atom is 0.410 e. The minimum absolute atomic E-state index is 0.436. The molecule has 0 aromatic rings. The third-order valence-corrected chi connectivity index (χ3v) is 5.01. The van der Waals surface area contributed by atoms with Gasteiger partial charge in [-0.1, -0.05) is 6.92 Å². The van der Waals surface area contributed by atoms with Crippen molar-refractivity contribution in [2.45, 2.75) is 31.2 Å². The Bertz CT molecular complexity index is 281. The van der Waals surface area contributed by atoms with E-state index in [4.69, 9.17) is 9.11 Å². The molecule has 0 bridgehead atoms. The molecule has 0 saturated heterocycles. The summed E-state index contributed by atoms with van der Waals surface area (Å²) in [6.45, 7) is 1.47. The molecule has 0 radical (unpaired) electrons. The van der Waals surface area contributed by atoms with Crippen LogP contribution in [0.4, 0.5) is 13.2 Å². The molecular formula is C6H13F3O4S. The quantitative estimate of drug-likeness (QED) is 0.789. The summed E-state index contributed by atoms with van der Waals surface area (Å²) >= 11 is 0. The van der Waals surface area contributed by atoms with Gasteiger partial charge in [0.05, 0.1) is 7.11 Å². The Morgan fingerprint density at radius 2 is 1.71 bits per heavy atom. The molecule has 88 valence electrons. The first kappa shape index (κ1) is 13.8. The molecule has 1 atom stereocenters. The number of hydrogen-bond acceptors (Lipinski definition) is 2. The second kappa shape index (κ2) is 3.16. The maximum absolute atomic E-state index is 12.5. The van der Waals surface area contributed by atoms with E-state index < -0.39 is 27.3 Å². The van der Waals surface area contributed by atoms with Gasteiger partial charge in [0.25, 0.3) is 0 Å². The zero-order chi connectivity index (χ0) is 11.9. The van der Waals surface area contributed by atoms with Gasteiger partial charge in [0.2, 0.25) is 9.91 Å². The first-order valence-corrected chi connectivity index (χ1v) is 5.49. The highest BCUT2D eigenvalue weighted by molar-refractivity contribution is 8.07. The first-order valence-electron chi connectivity index (χ1n) is 3.69. The van der Waals surface area contributed by atoms with E-state index in [9.17, 15) is 17.4 Å². The molecule has 0 fully saturated rings. The van der Waals surface area contributed by atoms with Crippen LogP contribution in [0, 0.1) is 0 Å². The fourth-order valence-corrected chi connectivity index (χ4v) is 2.09. The van der Waals surface area contributed by atoms with Crippen LogP contribution in [0.5, 0.6) is 0 Å². The predicted molar refractivity (Wildman–Crippen MR) is 45.2 cm³/mol. The lowest BCUT2D eigenvalue weighted by Gasteiger charge is -2.45. The number of hydrogen-bond donors (Lipinski definition) is 2. The van der Waals surface area contributed by atoms with Crippen LogP contribution in [0.2, 0.25) is 0 Å². The van der Waals surface area contributed by atoms with Crippen molar-refractivity contribution in [1.29, 1.82) is 0 Å². The van der Waals surface area contributed by atoms with Crippen LogP contribution in [-0.4, -0.2) is 31.3 Å². The summed E-state index contributed by atoms with van der Waals surface area (Å²) < 4.78 is 67.2. The zero-order valence-electron chi connectivity index (χ0n) is 7.96. The Morgan fingerprint density at radius 3 is 1.79 bits per heavy atom. The predicted octanol–water partition coefficient (Wildman–Crippen LogP) is 2.04. The summed E-state index contributed by atoms with van der Waals surface area (Å²) in [6.07, 6.45) is -5.81. The zero-order valence-corrected chi connectivity index (χ0v) is 8.78. The highest BCUT2D eigenvalue weighted by atomic mass is 32.3. The van der Waals surface area contributed by atoms with Gasteiger partial charge in [0, 0.05) is 0 Å². The molecule has 0 aliphatic heterocycles. The van der Waals surface area contributed by atoms with Crippen LogP contribution in [0.25, 0.3) is 0 Å². The van der Waals surface area contributed by atoms with Gasteiger partial charge in [-0.25, -0.2) is 4.21 Å². The fraction of sp³-hybridized carbons (Fsp3) is 1.00. The molecular weight excluding hydrogens is 225 g/mol. The molecule has 0 heterocycles. The average Bonchev–Trinajstić information content (AvgIpc) is 2.00. The molecule has 1 unspecified atom stereocenters. The standard InChI is InChI=1S/C6H13F3O4S/c1-4-5(2,6(7,8)9)14(10,11,12)13-3/h4H2,1-3H3,(H2,10,11,12). The van der Waals surface area contributed by atoms with Gasteiger partial charge >= 0.3 is 6.18 Å². The maximum atomic E-state index is 12.5. The molecule has 0 spiro atoms. The van der Waals surface area contributed by atoms with Crippen molar-refractivity contribution < 1.29 is 30.7 Å². The third-order valence-electron chi connectivity index (χ3n) is 2.35. The lowest BCUT2D eigenvalue weighted by molar-refractivity contribution is -0.165. The first-order chi connectivity index (χ1) is 5.90. The minimum atomic E-state index is -6.15. The second-order valence-corrected chi connectivity index (χ2v) is 5.87. The van der Waals surface area contributed by atoms with E-state index in [2.05, 4.69) is 4.18 Å². The molecule has 0 amide bonds. The normalized spacial score (nSPS) is 21.0. The van der Waals surface area contributed by atoms with E-state index >= 15 is 0 Å². The van der Waals surface area contributed by atoms with Crippen molar-refractivity contribution in [2.24, 2.45) is 0 Å². The number of rotatable bonds is 3. The van der Waals surface area contributed by atoms with Crippen LogP contribution in [0.15, 0.2) is 0 Å². The van der Waals surface area contributed by atoms with E-state index in [1.54, 1.807) is 0 Å². The summed E-state index contributed by atoms with van der Waals surface area (Å²) in [5.74, 6) is 0. The Morgan fingerprint density at radius 1 is 1.36 bits per heavy atom. The Kier molecular flexibility index (Phi) is 3.12. The van der Waals surface area contributed by atoms with Crippen LogP contribution in [0.3, 0.4) is 0 Å². The minimum Gasteiger partial charge on any atom is -0.288 e. The van der Waals surface area contributed by atoms with E-state index in [1.807, 2.05) is 0 Å². The topological polar surface area (TPSA) is 66.8 Å². The van der Waals surface area contributed by atoms with Crippen LogP contribution in [0.1, 0.15) is 20.3 Å². The average molecular weight is 238 g/mol. The second-order valence-electron chi connectivity index (χ2n) is 3.05. The van der Waals surface area contributed by atoms with Crippen molar-refractivity contribution in [1.82, 2.24) is 0 Å². The van der Waals surface area contributed by atoms with Crippen molar-refractivity contribution in [3.63, 3.8) is 0 Å². The number of halogens is 3. The largest absolute Gasteiger partial charge is 0.410 e. The Balaban J connectivity index is 5.62. The SMILES string of the molecule is CCC(C)(C(F)(F)F)S(=O)(O)(O)OC. The monoisotopic (exact) mass is 238 g/mol. The lowest BCUT2D eigenvalue weighted by Crippen LogP contribution is -2.62. The van der Waals surface area contributed by atoms with Gasteiger partial charge in [-0.2, -0.15) is 13.2 Å². The number of alkyl halides is 3. The van der Waals surface area contributed by atoms with E-state index in [0.29, 0.717) is 14.0 Å². The van der Waals surface area contributed by atoms with Gasteiger partial charge in [0.1, 0.15) is 0 Å². The summed E-state index contributed by atoms with van der Waals surface area (Å²) in [5.41, 5.74) is 0. The van der Waals surface area contributed by atoms with Gasteiger partial charge in [-0.05, 0) is 13.3 Å². The highest BCUT2D eigenvalue weighted by Crippen LogP contribution is 2.48. The van der Waals surface area contributed by atoms with Gasteiger partial charge in [0.15, 0.2) is 4.75 Å². The van der Waals surface area contributed by atoms with E-state index in [1.165, 1.54) is 0 Å². The molecule has 4 nitrogen and oxygen atoms in total. The summed E-state index contributed by atoms with van der Waals surface area (Å²) in [6, 6.07) is 0. The van der Waals surface area contributed by atoms with Crippen LogP contribution < -0.4 is 0 Å². The summed E-state index contributed by atoms with van der Waals surface area (Å²) in [5, 5.41) is 0. The van der Waals surface area contributed by atoms with Crippen LogP contribution in [-0.2, 0) is 14.1 Å². The van der Waals surface area contributed by atoms with E-state index in [0.717, 1.165) is 6.92 Å². The molecule has 2 N–H and O–H groups in total. The molecule has 0 aliphatic carbocycles. The van der Waals surface area contributed by atoms with Crippen LogP contribution >= 0.6 is 0 Å². The lowest BCUT2D eigenvalue weighted by atomic mass is 10.1. The molecule has 0 aromatic heterocycles. The Hall–Kier alpha value is -0.180.